The molecule has 7 nitrogen and oxygen atoms in total. The van der Waals surface area contributed by atoms with Crippen LogP contribution in [0.25, 0.3) is 22.8 Å². The zero-order valence-corrected chi connectivity index (χ0v) is 21.6. The topological polar surface area (TPSA) is 119 Å². The second kappa shape index (κ2) is 10.7. The number of nitrogens with two attached hydrogens (primary N) is 1. The number of hydrogen-bond acceptors (Lipinski definition) is 5. The third-order valence-corrected chi connectivity index (χ3v) is 6.90. The van der Waals surface area contributed by atoms with Crippen LogP contribution >= 0.6 is 0 Å². The Labute approximate surface area is 234 Å². The molecule has 0 aliphatic rings. The van der Waals surface area contributed by atoms with Crippen molar-refractivity contribution < 1.29 is 52.3 Å². The fraction of sp³-hybridized carbons (Fsp3) is 0.160. The highest BCUT2D eigenvalue weighted by Gasteiger charge is 2.40. The molecule has 2 aromatic carbocycles. The number of halogens is 10. The Hall–Kier alpha value is -4.32. The Morgan fingerprint density at radius 2 is 1.49 bits per heavy atom. The maximum Gasteiger partial charge on any atom is 0.417 e. The van der Waals surface area contributed by atoms with Gasteiger partial charge in [-0.3, -0.25) is 9.78 Å². The number of primary sulfonamides is 1. The molecule has 0 amide bonds. The summed E-state index contributed by atoms with van der Waals surface area (Å²) >= 11 is 0. The minimum Gasteiger partial charge on any atom is -0.306 e. The fourth-order valence-electron chi connectivity index (χ4n) is 4.13. The van der Waals surface area contributed by atoms with Gasteiger partial charge in [0.15, 0.2) is 0 Å². The van der Waals surface area contributed by atoms with Crippen molar-refractivity contribution in [2.24, 2.45) is 5.14 Å². The highest BCUT2D eigenvalue weighted by atomic mass is 32.2. The number of hydrogen-bond donors (Lipinski definition) is 2. The second-order valence-electron chi connectivity index (χ2n) is 8.88. The van der Waals surface area contributed by atoms with Gasteiger partial charge in [-0.05, 0) is 35.4 Å². The van der Waals surface area contributed by atoms with E-state index in [9.17, 15) is 52.7 Å². The number of aromatic amines is 1. The quantitative estimate of drug-likeness (QED) is 0.262. The molecule has 4 rings (SSSR count). The Kier molecular flexibility index (Phi) is 7.90. The van der Waals surface area contributed by atoms with E-state index in [0.29, 0.717) is 36.5 Å². The van der Waals surface area contributed by atoms with Crippen LogP contribution in [-0.2, 0) is 35.0 Å². The van der Waals surface area contributed by atoms with Gasteiger partial charge in [0.1, 0.15) is 11.6 Å². The first-order valence-corrected chi connectivity index (χ1v) is 13.0. The number of pyridine rings is 1. The third kappa shape index (κ3) is 6.69. The van der Waals surface area contributed by atoms with E-state index in [4.69, 9.17) is 5.14 Å². The number of H-pyrrole nitrogens is 1. The molecule has 0 saturated carbocycles. The van der Waals surface area contributed by atoms with Crippen LogP contribution in [0, 0.1) is 5.82 Å². The third-order valence-electron chi connectivity index (χ3n) is 5.94. The average Bonchev–Trinajstić information content (AvgIpc) is 2.87. The number of sulfonamides is 1. The van der Waals surface area contributed by atoms with E-state index in [-0.39, 0.29) is 0 Å². The van der Waals surface area contributed by atoms with Crippen LogP contribution in [0.4, 0.5) is 43.9 Å². The molecule has 0 aliphatic carbocycles. The van der Waals surface area contributed by atoms with Gasteiger partial charge in [-0.15, -0.1) is 0 Å². The number of alkyl halides is 9. The summed E-state index contributed by atoms with van der Waals surface area (Å²) in [6, 6.07) is 5.01. The Morgan fingerprint density at radius 3 is 2.02 bits per heavy atom. The van der Waals surface area contributed by atoms with Gasteiger partial charge in [-0.1, -0.05) is 18.2 Å². The van der Waals surface area contributed by atoms with Crippen molar-refractivity contribution in [1.29, 1.82) is 0 Å². The number of nitrogens with one attached hydrogen (secondary N) is 1. The molecule has 0 unspecified atom stereocenters. The molecule has 43 heavy (non-hydrogen) atoms. The molecule has 0 spiro atoms. The van der Waals surface area contributed by atoms with E-state index in [0.717, 1.165) is 18.2 Å². The molecule has 0 fully saturated rings. The first-order valence-electron chi connectivity index (χ1n) is 11.4. The molecular weight excluding hydrogens is 626 g/mol. The van der Waals surface area contributed by atoms with Crippen molar-refractivity contribution in [2.45, 2.75) is 29.8 Å². The second-order valence-corrected chi connectivity index (χ2v) is 10.4. The Morgan fingerprint density at radius 1 is 0.814 bits per heavy atom. The van der Waals surface area contributed by atoms with Gasteiger partial charge in [0.2, 0.25) is 10.0 Å². The zero-order valence-electron chi connectivity index (χ0n) is 20.8. The van der Waals surface area contributed by atoms with E-state index >= 15 is 4.39 Å². The monoisotopic (exact) mass is 640 g/mol. The number of rotatable bonds is 5. The first-order chi connectivity index (χ1) is 19.7. The minimum atomic E-state index is -5.33. The predicted molar refractivity (Wildman–Crippen MR) is 129 cm³/mol. The van der Waals surface area contributed by atoms with Crippen molar-refractivity contribution >= 4 is 10.0 Å². The highest BCUT2D eigenvalue weighted by molar-refractivity contribution is 7.89. The maximum atomic E-state index is 15.8. The molecule has 0 bridgehead atoms. The number of aromatic nitrogens is 3. The van der Waals surface area contributed by atoms with Crippen molar-refractivity contribution in [2.75, 3.05) is 0 Å². The summed E-state index contributed by atoms with van der Waals surface area (Å²) in [6.07, 6.45) is -16.1. The van der Waals surface area contributed by atoms with Gasteiger partial charge >= 0.3 is 18.5 Å². The van der Waals surface area contributed by atoms with Crippen LogP contribution in [-0.4, -0.2) is 23.4 Å². The molecule has 0 saturated heterocycles. The molecule has 18 heteroatoms. The van der Waals surface area contributed by atoms with Crippen LogP contribution in [0.3, 0.4) is 0 Å². The molecule has 2 aromatic heterocycles. The van der Waals surface area contributed by atoms with Gasteiger partial charge < -0.3 is 4.98 Å². The van der Waals surface area contributed by atoms with Crippen LogP contribution < -0.4 is 10.7 Å². The molecule has 0 radical (unpaired) electrons. The lowest BCUT2D eigenvalue weighted by Crippen LogP contribution is -2.21. The summed E-state index contributed by atoms with van der Waals surface area (Å²) in [6.45, 7) is 0. The average molecular weight is 640 g/mol. The highest BCUT2D eigenvalue weighted by Crippen LogP contribution is 2.41. The first kappa shape index (κ1) is 31.6. The molecule has 0 aliphatic heterocycles. The van der Waals surface area contributed by atoms with Crippen molar-refractivity contribution in [3.63, 3.8) is 0 Å². The normalized spacial score (nSPS) is 12.9. The summed E-state index contributed by atoms with van der Waals surface area (Å²) in [5, 5.41) is 4.89. The molecule has 3 N–H and O–H groups in total. The molecule has 2 heterocycles. The van der Waals surface area contributed by atoms with Crippen LogP contribution in [0.15, 0.2) is 64.4 Å². The van der Waals surface area contributed by atoms with Crippen molar-refractivity contribution in [3.8, 4) is 22.8 Å². The van der Waals surface area contributed by atoms with Gasteiger partial charge in [-0.2, -0.15) is 39.5 Å². The SMILES string of the molecule is NS(=O)(=O)c1cccc(Cc2ccc(C(F)(F)F)c(-c3nc(-c4ccc(C(F)(F)F)cn4)cc(=O)[nH]3)c2F)c1C(F)(F)F. The van der Waals surface area contributed by atoms with Gasteiger partial charge in [0.05, 0.1) is 38.5 Å². The van der Waals surface area contributed by atoms with Crippen molar-refractivity contribution in [3.05, 3.63) is 98.7 Å². The Balaban J connectivity index is 1.92. The Bertz CT molecular complexity index is 1870. The van der Waals surface area contributed by atoms with Crippen LogP contribution in [0.2, 0.25) is 0 Å². The fourth-order valence-corrected chi connectivity index (χ4v) is 4.93. The lowest BCUT2D eigenvalue weighted by Gasteiger charge is -2.19. The van der Waals surface area contributed by atoms with E-state index in [1.165, 1.54) is 0 Å². The number of benzene rings is 2. The number of nitrogens with zero attached hydrogens (tertiary/aromatic N) is 2. The molecular formula is C25H14F10N4O3S. The standard InChI is InChI=1S/C25H14F10N4O3S/c26-21-12(8-11-2-1-3-17(43(36,41)42)20(11)25(33,34)35)4-6-14(24(30,31)32)19(21)22-38-16(9-18(40)39-22)15-7-5-13(10-37-15)23(27,28)29/h1-7,9-10H,8H2,(H2,36,41,42)(H,38,39,40). The van der Waals surface area contributed by atoms with Gasteiger partial charge in [0, 0.05) is 18.7 Å². The predicted octanol–water partition coefficient (Wildman–Crippen LogP) is 5.93. The summed E-state index contributed by atoms with van der Waals surface area (Å²) in [5.74, 6) is -2.84. The van der Waals surface area contributed by atoms with E-state index in [2.05, 4.69) is 9.97 Å². The van der Waals surface area contributed by atoms with E-state index in [1.807, 2.05) is 4.98 Å². The zero-order chi connectivity index (χ0) is 32.1. The van der Waals surface area contributed by atoms with E-state index < -0.39 is 102 Å². The summed E-state index contributed by atoms with van der Waals surface area (Å²) in [4.78, 5) is 20.1. The minimum absolute atomic E-state index is 0.313. The summed E-state index contributed by atoms with van der Waals surface area (Å²) < 4.78 is 161. The molecule has 0 atom stereocenters. The van der Waals surface area contributed by atoms with Crippen LogP contribution in [0.1, 0.15) is 27.8 Å². The molecule has 4 aromatic rings. The summed E-state index contributed by atoms with van der Waals surface area (Å²) in [7, 11) is -4.95. The smallest absolute Gasteiger partial charge is 0.306 e. The maximum absolute atomic E-state index is 15.8. The lowest BCUT2D eigenvalue weighted by atomic mass is 9.94. The summed E-state index contributed by atoms with van der Waals surface area (Å²) in [5.41, 5.74) is -9.82. The van der Waals surface area contributed by atoms with E-state index in [1.54, 1.807) is 0 Å². The van der Waals surface area contributed by atoms with Gasteiger partial charge in [0.25, 0.3) is 5.56 Å². The van der Waals surface area contributed by atoms with Crippen molar-refractivity contribution in [1.82, 2.24) is 15.0 Å². The molecule has 228 valence electrons. The largest absolute Gasteiger partial charge is 0.417 e. The lowest BCUT2D eigenvalue weighted by molar-refractivity contribution is -0.140. The van der Waals surface area contributed by atoms with Gasteiger partial charge in [-0.25, -0.2) is 22.9 Å². The van der Waals surface area contributed by atoms with Crippen LogP contribution in [0.5, 0.6) is 0 Å².